The number of nitrogens with one attached hydrogen (secondary N) is 1. The van der Waals surface area contributed by atoms with Crippen molar-refractivity contribution in [3.63, 3.8) is 0 Å². The van der Waals surface area contributed by atoms with Crippen LogP contribution in [0.2, 0.25) is 0 Å². The molecule has 1 rings (SSSR count). The monoisotopic (exact) mass is 169 g/mol. The van der Waals surface area contributed by atoms with E-state index in [0.29, 0.717) is 12.5 Å². The molecule has 0 bridgehead atoms. The fourth-order valence-corrected chi connectivity index (χ4v) is 1.06. The molecule has 1 amide bonds. The van der Waals surface area contributed by atoms with Crippen LogP contribution in [0.3, 0.4) is 0 Å². The van der Waals surface area contributed by atoms with Crippen LogP contribution in [0, 0.1) is 0 Å². The average molecular weight is 169 g/mol. The smallest absolute Gasteiger partial charge is 0.219 e. The lowest BCUT2D eigenvalue weighted by Crippen LogP contribution is -2.31. The normalized spacial score (nSPS) is 15.2. The van der Waals surface area contributed by atoms with E-state index < -0.39 is 0 Å². The maximum absolute atomic E-state index is 10.8. The quantitative estimate of drug-likeness (QED) is 0.631. The molecule has 1 N–H and O–H groups in total. The van der Waals surface area contributed by atoms with Crippen LogP contribution in [0.25, 0.3) is 0 Å². The molecule has 0 aliphatic heterocycles. The Balaban J connectivity index is 0.000000561. The van der Waals surface area contributed by atoms with Crippen LogP contribution in [-0.4, -0.2) is 11.9 Å². The summed E-state index contributed by atoms with van der Waals surface area (Å²) in [7, 11) is 0. The summed E-state index contributed by atoms with van der Waals surface area (Å²) >= 11 is 0. The summed E-state index contributed by atoms with van der Waals surface area (Å²) < 4.78 is 0. The molecular formula is C10H19NO. The third-order valence-corrected chi connectivity index (χ3v) is 1.69. The lowest BCUT2D eigenvalue weighted by Gasteiger charge is -2.09. The van der Waals surface area contributed by atoms with Crippen molar-refractivity contribution >= 4 is 5.91 Å². The Kier molecular flexibility index (Phi) is 6.44. The second-order valence-electron chi connectivity index (χ2n) is 2.56. The lowest BCUT2D eigenvalue weighted by atomic mass is 10.2. The van der Waals surface area contributed by atoms with E-state index in [4.69, 9.17) is 0 Å². The zero-order chi connectivity index (χ0) is 9.40. The Labute approximate surface area is 75.0 Å². The molecule has 0 saturated heterocycles. The van der Waals surface area contributed by atoms with Crippen molar-refractivity contribution in [1.29, 1.82) is 0 Å². The number of hydrogen-bond acceptors (Lipinski definition) is 1. The molecule has 0 unspecified atom stereocenters. The Morgan fingerprint density at radius 1 is 1.42 bits per heavy atom. The molecule has 1 aliphatic carbocycles. The van der Waals surface area contributed by atoms with Crippen LogP contribution < -0.4 is 5.32 Å². The molecule has 1 aliphatic rings. The number of hydrogen-bond donors (Lipinski definition) is 1. The van der Waals surface area contributed by atoms with Gasteiger partial charge < -0.3 is 5.32 Å². The van der Waals surface area contributed by atoms with Crippen molar-refractivity contribution in [1.82, 2.24) is 5.32 Å². The number of carbonyl (C=O) groups is 1. The minimum absolute atomic E-state index is 0.161. The molecule has 0 aromatic rings. The minimum Gasteiger partial charge on any atom is -0.353 e. The van der Waals surface area contributed by atoms with Crippen molar-refractivity contribution in [3.05, 3.63) is 12.2 Å². The predicted octanol–water partition coefficient (Wildman–Crippen LogP) is 2.26. The molecule has 12 heavy (non-hydrogen) atoms. The van der Waals surface area contributed by atoms with Gasteiger partial charge in [-0.05, 0) is 12.8 Å². The third kappa shape index (κ3) is 4.16. The van der Waals surface area contributed by atoms with Crippen molar-refractivity contribution in [2.75, 3.05) is 0 Å². The molecule has 0 fully saturated rings. The van der Waals surface area contributed by atoms with Crippen LogP contribution in [0.15, 0.2) is 12.2 Å². The Morgan fingerprint density at radius 2 is 1.92 bits per heavy atom. The van der Waals surface area contributed by atoms with Crippen LogP contribution in [0.1, 0.15) is 40.0 Å². The summed E-state index contributed by atoms with van der Waals surface area (Å²) in [6, 6.07) is 0.382. The predicted molar refractivity (Wildman–Crippen MR) is 51.9 cm³/mol. The molecule has 0 atom stereocenters. The highest BCUT2D eigenvalue weighted by Crippen LogP contribution is 2.08. The van der Waals surface area contributed by atoms with Gasteiger partial charge >= 0.3 is 0 Å². The van der Waals surface area contributed by atoms with Gasteiger partial charge in [-0.15, -0.1) is 0 Å². The molecule has 0 aromatic heterocycles. The number of amides is 1. The van der Waals surface area contributed by atoms with Crippen LogP contribution in [-0.2, 0) is 4.79 Å². The summed E-state index contributed by atoms with van der Waals surface area (Å²) in [5.74, 6) is 0.161. The SMILES string of the molecule is CC.CCC(=O)NC1CC=CC1. The fraction of sp³-hybridized carbons (Fsp3) is 0.700. The highest BCUT2D eigenvalue weighted by Gasteiger charge is 2.10. The van der Waals surface area contributed by atoms with E-state index in [9.17, 15) is 4.79 Å². The van der Waals surface area contributed by atoms with Gasteiger partial charge in [0.05, 0.1) is 0 Å². The van der Waals surface area contributed by atoms with E-state index in [1.165, 1.54) is 0 Å². The first kappa shape index (κ1) is 11.2. The molecule has 0 aromatic carbocycles. The highest BCUT2D eigenvalue weighted by atomic mass is 16.1. The third-order valence-electron chi connectivity index (χ3n) is 1.69. The highest BCUT2D eigenvalue weighted by molar-refractivity contribution is 5.75. The number of carbonyl (C=O) groups excluding carboxylic acids is 1. The molecule has 0 heterocycles. The second kappa shape index (κ2) is 6.89. The van der Waals surface area contributed by atoms with E-state index >= 15 is 0 Å². The summed E-state index contributed by atoms with van der Waals surface area (Å²) in [4.78, 5) is 10.8. The summed E-state index contributed by atoms with van der Waals surface area (Å²) in [6.07, 6.45) is 6.83. The topological polar surface area (TPSA) is 29.1 Å². The summed E-state index contributed by atoms with van der Waals surface area (Å²) in [5.41, 5.74) is 0. The first-order valence-electron chi connectivity index (χ1n) is 4.77. The van der Waals surface area contributed by atoms with Gasteiger partial charge in [0.1, 0.15) is 0 Å². The van der Waals surface area contributed by atoms with Crippen molar-refractivity contribution in [3.8, 4) is 0 Å². The second-order valence-corrected chi connectivity index (χ2v) is 2.56. The van der Waals surface area contributed by atoms with Gasteiger partial charge in [0.25, 0.3) is 0 Å². The van der Waals surface area contributed by atoms with Gasteiger partial charge in [-0.2, -0.15) is 0 Å². The fourth-order valence-electron chi connectivity index (χ4n) is 1.06. The zero-order valence-electron chi connectivity index (χ0n) is 8.26. The molecular weight excluding hydrogens is 150 g/mol. The number of rotatable bonds is 2. The Bertz CT molecular complexity index is 144. The maximum Gasteiger partial charge on any atom is 0.219 e. The molecule has 0 spiro atoms. The van der Waals surface area contributed by atoms with Crippen molar-refractivity contribution in [2.24, 2.45) is 0 Å². The molecule has 0 saturated carbocycles. The van der Waals surface area contributed by atoms with E-state index in [1.807, 2.05) is 20.8 Å². The van der Waals surface area contributed by atoms with Crippen molar-refractivity contribution < 1.29 is 4.79 Å². The standard InChI is InChI=1S/C8H13NO.C2H6/c1-2-8(10)9-7-5-3-4-6-7;1-2/h3-4,7H,2,5-6H2,1H3,(H,9,10);1-2H3. The molecule has 0 radical (unpaired) electrons. The van der Waals surface area contributed by atoms with E-state index in [0.717, 1.165) is 12.8 Å². The van der Waals surface area contributed by atoms with Gasteiger partial charge in [0.2, 0.25) is 5.91 Å². The van der Waals surface area contributed by atoms with Gasteiger partial charge in [0, 0.05) is 12.5 Å². The zero-order valence-corrected chi connectivity index (χ0v) is 8.26. The Morgan fingerprint density at radius 3 is 2.33 bits per heavy atom. The van der Waals surface area contributed by atoms with E-state index in [-0.39, 0.29) is 5.91 Å². The van der Waals surface area contributed by atoms with Gasteiger partial charge in [0.15, 0.2) is 0 Å². The van der Waals surface area contributed by atoms with E-state index in [1.54, 1.807) is 0 Å². The first-order valence-corrected chi connectivity index (χ1v) is 4.77. The largest absolute Gasteiger partial charge is 0.353 e. The van der Waals surface area contributed by atoms with Gasteiger partial charge in [-0.25, -0.2) is 0 Å². The lowest BCUT2D eigenvalue weighted by molar-refractivity contribution is -0.121. The van der Waals surface area contributed by atoms with Gasteiger partial charge in [-0.1, -0.05) is 32.9 Å². The minimum atomic E-state index is 0.161. The average Bonchev–Trinajstić information content (AvgIpc) is 2.60. The molecule has 2 nitrogen and oxygen atoms in total. The van der Waals surface area contributed by atoms with Gasteiger partial charge in [-0.3, -0.25) is 4.79 Å². The Hall–Kier alpha value is -0.790. The summed E-state index contributed by atoms with van der Waals surface area (Å²) in [5, 5.41) is 2.93. The van der Waals surface area contributed by atoms with Crippen LogP contribution in [0.4, 0.5) is 0 Å². The van der Waals surface area contributed by atoms with Crippen LogP contribution >= 0.6 is 0 Å². The maximum atomic E-state index is 10.8. The molecule has 2 heteroatoms. The van der Waals surface area contributed by atoms with Crippen LogP contribution in [0.5, 0.6) is 0 Å². The van der Waals surface area contributed by atoms with E-state index in [2.05, 4.69) is 17.5 Å². The summed E-state index contributed by atoms with van der Waals surface area (Å²) in [6.45, 7) is 5.87. The first-order chi connectivity index (χ1) is 5.83. The molecule has 70 valence electrons. The van der Waals surface area contributed by atoms with Crippen molar-refractivity contribution in [2.45, 2.75) is 46.1 Å².